The Morgan fingerprint density at radius 3 is 1.86 bits per heavy atom. The number of nitrogens with one attached hydrogen (secondary N) is 3. The Bertz CT molecular complexity index is 727. The normalized spacial score (nSPS) is 15.2. The first-order chi connectivity index (χ1) is 13.0. The van der Waals surface area contributed by atoms with Gasteiger partial charge in [-0.1, -0.05) is 34.6 Å². The van der Waals surface area contributed by atoms with Crippen LogP contribution in [0, 0.1) is 11.3 Å². The SMILES string of the molecule is CC(C)[C@@H](NC(=O)[C@@H](C)NC(=O)C(C)(C)C)C(=O)NCCC(C(=O)O)S(=O)(=O)O. The monoisotopic (exact) mass is 437 g/mol. The minimum absolute atomic E-state index is 0.337. The number of hydrogen-bond acceptors (Lipinski definition) is 6. The van der Waals surface area contributed by atoms with Crippen molar-refractivity contribution < 1.29 is 37.3 Å². The number of hydrogen-bond donors (Lipinski definition) is 5. The zero-order chi connectivity index (χ0) is 23.2. The van der Waals surface area contributed by atoms with E-state index in [9.17, 15) is 27.6 Å². The zero-order valence-electron chi connectivity index (χ0n) is 17.5. The van der Waals surface area contributed by atoms with Crippen molar-refractivity contribution in [3.8, 4) is 0 Å². The molecule has 0 spiro atoms. The minimum Gasteiger partial charge on any atom is -0.480 e. The van der Waals surface area contributed by atoms with E-state index in [-0.39, 0.29) is 18.4 Å². The first-order valence-corrected chi connectivity index (χ1v) is 10.6. The molecule has 0 aliphatic carbocycles. The molecule has 0 aromatic carbocycles. The van der Waals surface area contributed by atoms with Crippen molar-refractivity contribution in [2.75, 3.05) is 6.54 Å². The summed E-state index contributed by atoms with van der Waals surface area (Å²) in [5.74, 6) is -3.66. The van der Waals surface area contributed by atoms with Gasteiger partial charge in [0.2, 0.25) is 17.7 Å². The van der Waals surface area contributed by atoms with Crippen molar-refractivity contribution in [3.63, 3.8) is 0 Å². The maximum atomic E-state index is 12.4. The summed E-state index contributed by atoms with van der Waals surface area (Å²) in [6.45, 7) is 9.53. The van der Waals surface area contributed by atoms with Crippen molar-refractivity contribution in [2.24, 2.45) is 11.3 Å². The molecule has 0 aliphatic rings. The van der Waals surface area contributed by atoms with Gasteiger partial charge in [0.05, 0.1) is 0 Å². The molecule has 29 heavy (non-hydrogen) atoms. The maximum Gasteiger partial charge on any atom is 0.324 e. The van der Waals surface area contributed by atoms with Crippen LogP contribution in [0.3, 0.4) is 0 Å². The second-order valence-electron chi connectivity index (χ2n) is 8.10. The largest absolute Gasteiger partial charge is 0.480 e. The van der Waals surface area contributed by atoms with E-state index in [1.165, 1.54) is 6.92 Å². The average molecular weight is 438 g/mol. The maximum absolute atomic E-state index is 12.4. The summed E-state index contributed by atoms with van der Waals surface area (Å²) in [6.07, 6.45) is -0.545. The summed E-state index contributed by atoms with van der Waals surface area (Å²) in [7, 11) is -4.81. The molecule has 11 nitrogen and oxygen atoms in total. The van der Waals surface area contributed by atoms with Gasteiger partial charge in [-0.3, -0.25) is 23.7 Å². The smallest absolute Gasteiger partial charge is 0.324 e. The third-order valence-electron chi connectivity index (χ3n) is 4.01. The molecule has 1 unspecified atom stereocenters. The predicted molar refractivity (Wildman–Crippen MR) is 104 cm³/mol. The Morgan fingerprint density at radius 2 is 1.48 bits per heavy atom. The highest BCUT2D eigenvalue weighted by atomic mass is 32.2. The van der Waals surface area contributed by atoms with Gasteiger partial charge >= 0.3 is 5.97 Å². The van der Waals surface area contributed by atoms with Gasteiger partial charge in [0.15, 0.2) is 5.25 Å². The second-order valence-corrected chi connectivity index (χ2v) is 9.70. The van der Waals surface area contributed by atoms with E-state index in [1.54, 1.807) is 34.6 Å². The molecule has 0 heterocycles. The fraction of sp³-hybridized carbons (Fsp3) is 0.765. The molecule has 5 N–H and O–H groups in total. The van der Waals surface area contributed by atoms with Crippen LogP contribution >= 0.6 is 0 Å². The van der Waals surface area contributed by atoms with E-state index in [2.05, 4.69) is 16.0 Å². The lowest BCUT2D eigenvalue weighted by atomic mass is 9.95. The van der Waals surface area contributed by atoms with Gasteiger partial charge in [0.25, 0.3) is 10.1 Å². The van der Waals surface area contributed by atoms with Gasteiger partial charge in [-0.25, -0.2) is 0 Å². The quantitative estimate of drug-likeness (QED) is 0.284. The van der Waals surface area contributed by atoms with Crippen molar-refractivity contribution in [1.82, 2.24) is 16.0 Å². The molecule has 0 aromatic heterocycles. The Hall–Kier alpha value is -2.21. The van der Waals surface area contributed by atoms with Crippen LogP contribution in [0.25, 0.3) is 0 Å². The third kappa shape index (κ3) is 9.22. The number of carbonyl (C=O) groups is 4. The van der Waals surface area contributed by atoms with Crippen molar-refractivity contribution >= 4 is 33.8 Å². The molecule has 12 heteroatoms. The molecule has 0 aliphatic heterocycles. The number of amides is 3. The highest BCUT2D eigenvalue weighted by molar-refractivity contribution is 7.87. The van der Waals surface area contributed by atoms with Crippen LogP contribution in [0.2, 0.25) is 0 Å². The molecule has 3 amide bonds. The molecule has 0 bridgehead atoms. The zero-order valence-corrected chi connectivity index (χ0v) is 18.3. The number of aliphatic carboxylic acids is 1. The lowest BCUT2D eigenvalue weighted by Gasteiger charge is -2.25. The van der Waals surface area contributed by atoms with E-state index in [0.29, 0.717) is 0 Å². The van der Waals surface area contributed by atoms with Crippen LogP contribution in [-0.2, 0) is 29.3 Å². The van der Waals surface area contributed by atoms with Gasteiger partial charge in [-0.2, -0.15) is 8.42 Å². The van der Waals surface area contributed by atoms with Crippen LogP contribution in [0.1, 0.15) is 48.0 Å². The summed E-state index contributed by atoms with van der Waals surface area (Å²) < 4.78 is 31.0. The van der Waals surface area contributed by atoms with Gasteiger partial charge in [0.1, 0.15) is 12.1 Å². The van der Waals surface area contributed by atoms with Gasteiger partial charge in [-0.05, 0) is 19.3 Å². The number of carbonyl (C=O) groups excluding carboxylic acids is 3. The summed E-state index contributed by atoms with van der Waals surface area (Å²) in [5, 5.41) is 14.2. The first kappa shape index (κ1) is 26.8. The Morgan fingerprint density at radius 1 is 0.966 bits per heavy atom. The molecule has 0 rings (SSSR count). The second kappa shape index (κ2) is 10.5. The molecular weight excluding hydrogens is 406 g/mol. The van der Waals surface area contributed by atoms with Gasteiger partial charge in [-0.15, -0.1) is 0 Å². The molecule has 3 atom stereocenters. The molecule has 0 saturated carbocycles. The Kier molecular flexibility index (Phi) is 9.73. The first-order valence-electron chi connectivity index (χ1n) is 9.06. The number of rotatable bonds is 10. The van der Waals surface area contributed by atoms with Crippen LogP contribution in [-0.4, -0.2) is 65.6 Å². The number of carboxylic acids is 1. The van der Waals surface area contributed by atoms with Gasteiger partial charge < -0.3 is 21.1 Å². The molecular formula is C17H31N3O8S. The average Bonchev–Trinajstić information content (AvgIpc) is 2.52. The van der Waals surface area contributed by atoms with E-state index < -0.39 is 57.1 Å². The Balaban J connectivity index is 4.93. The summed E-state index contributed by atoms with van der Waals surface area (Å²) in [5.41, 5.74) is -0.697. The predicted octanol–water partition coefficient (Wildman–Crippen LogP) is -0.475. The summed E-state index contributed by atoms with van der Waals surface area (Å²) in [6, 6.07) is -1.89. The van der Waals surface area contributed by atoms with Crippen LogP contribution in [0.5, 0.6) is 0 Å². The highest BCUT2D eigenvalue weighted by Gasteiger charge is 2.32. The Labute approximate surface area is 170 Å². The number of carboxylic acid groups (broad SMARTS) is 1. The standard InChI is InChI=1S/C17H31N3O8S/c1-9(2)12(20-13(21)10(3)19-16(25)17(4,5)6)14(22)18-8-7-11(15(23)24)29(26,27)28/h9-12H,7-8H2,1-6H3,(H,18,22)(H,19,25)(H,20,21)(H,23,24)(H,26,27,28)/t10-,11?,12-/m1/s1. The molecule has 0 fully saturated rings. The van der Waals surface area contributed by atoms with E-state index in [4.69, 9.17) is 9.66 Å². The minimum atomic E-state index is -4.81. The fourth-order valence-electron chi connectivity index (χ4n) is 2.13. The summed E-state index contributed by atoms with van der Waals surface area (Å²) in [4.78, 5) is 47.6. The lowest BCUT2D eigenvalue weighted by molar-refractivity contribution is -0.137. The molecule has 0 aromatic rings. The van der Waals surface area contributed by atoms with Gasteiger partial charge in [0, 0.05) is 12.0 Å². The topological polar surface area (TPSA) is 179 Å². The van der Waals surface area contributed by atoms with Crippen molar-refractivity contribution in [3.05, 3.63) is 0 Å². The third-order valence-corrected chi connectivity index (χ3v) is 5.17. The van der Waals surface area contributed by atoms with E-state index in [0.717, 1.165) is 0 Å². The van der Waals surface area contributed by atoms with Crippen LogP contribution < -0.4 is 16.0 Å². The van der Waals surface area contributed by atoms with Crippen molar-refractivity contribution in [2.45, 2.75) is 65.3 Å². The molecule has 0 radical (unpaired) electrons. The van der Waals surface area contributed by atoms with Crippen LogP contribution in [0.4, 0.5) is 0 Å². The van der Waals surface area contributed by atoms with E-state index >= 15 is 0 Å². The van der Waals surface area contributed by atoms with E-state index in [1.807, 2.05) is 0 Å². The molecule has 168 valence electrons. The van der Waals surface area contributed by atoms with Crippen molar-refractivity contribution in [1.29, 1.82) is 0 Å². The summed E-state index contributed by atoms with van der Waals surface area (Å²) >= 11 is 0. The lowest BCUT2D eigenvalue weighted by Crippen LogP contribution is -2.55. The molecule has 0 saturated heterocycles. The van der Waals surface area contributed by atoms with Crippen LogP contribution in [0.15, 0.2) is 0 Å². The highest BCUT2D eigenvalue weighted by Crippen LogP contribution is 2.13. The fourth-order valence-corrected chi connectivity index (χ4v) is 2.80.